The molecule has 62 heavy (non-hydrogen) atoms. The summed E-state index contributed by atoms with van der Waals surface area (Å²) in [5.74, 6) is -2.07. The number of hydrogen-bond acceptors (Lipinski definition) is 10. The standard InChI is InChI=1S/C48H88NO12P/c1-6-8-10-12-14-16-18-20-22-24-26-28-30-32-34-36-44(50)58-39-42(38-57-40-43(46(52)59-41-62(54,55)56)49-47(53)61-48(3,4)5)60-45(51)37-35-33-31-29-27-25-23-21-19-17-15-13-11-9-7-2/h20-23,42-43H,6-19,24-41H2,1-5H3,(H,49,53)(H2,54,55,56)/b22-20-,23-21-/t42-,43-/m0/s1. The van der Waals surface area contributed by atoms with Crippen LogP contribution in [0.3, 0.4) is 0 Å². The van der Waals surface area contributed by atoms with E-state index in [-0.39, 0.29) is 26.1 Å². The van der Waals surface area contributed by atoms with Gasteiger partial charge in [-0.25, -0.2) is 9.59 Å². The Kier molecular flexibility index (Phi) is 38.1. The Morgan fingerprint density at radius 3 is 1.42 bits per heavy atom. The van der Waals surface area contributed by atoms with Crippen LogP contribution in [0.1, 0.15) is 214 Å². The molecule has 2 atom stereocenters. The van der Waals surface area contributed by atoms with Gasteiger partial charge in [0, 0.05) is 12.8 Å². The lowest BCUT2D eigenvalue weighted by Gasteiger charge is -2.24. The number of carbonyl (C=O) groups is 4. The van der Waals surface area contributed by atoms with Gasteiger partial charge in [-0.05, 0) is 85.0 Å². The first kappa shape index (κ1) is 59.3. The number of amides is 1. The number of hydrogen-bond donors (Lipinski definition) is 3. The summed E-state index contributed by atoms with van der Waals surface area (Å²) in [4.78, 5) is 69.0. The van der Waals surface area contributed by atoms with Crippen molar-refractivity contribution in [3.8, 4) is 0 Å². The zero-order valence-corrected chi connectivity index (χ0v) is 40.4. The Hall–Kier alpha value is -2.73. The molecule has 362 valence electrons. The molecule has 0 radical (unpaired) electrons. The lowest BCUT2D eigenvalue weighted by Crippen LogP contribution is -2.47. The predicted octanol–water partition coefficient (Wildman–Crippen LogP) is 12.1. The van der Waals surface area contributed by atoms with Gasteiger partial charge in [-0.1, -0.05) is 141 Å². The van der Waals surface area contributed by atoms with Crippen LogP contribution in [0.25, 0.3) is 0 Å². The minimum absolute atomic E-state index is 0.176. The summed E-state index contributed by atoms with van der Waals surface area (Å²) >= 11 is 0. The van der Waals surface area contributed by atoms with Crippen LogP contribution in [0.15, 0.2) is 24.3 Å². The zero-order chi connectivity index (χ0) is 46.2. The van der Waals surface area contributed by atoms with Gasteiger partial charge in [-0.2, -0.15) is 0 Å². The maximum Gasteiger partial charge on any atom is 0.408 e. The Morgan fingerprint density at radius 1 is 0.565 bits per heavy atom. The summed E-state index contributed by atoms with van der Waals surface area (Å²) in [5, 5.41) is 2.29. The molecule has 0 saturated heterocycles. The van der Waals surface area contributed by atoms with E-state index < -0.39 is 62.3 Å². The van der Waals surface area contributed by atoms with Gasteiger partial charge in [0.15, 0.2) is 18.5 Å². The highest BCUT2D eigenvalue weighted by Gasteiger charge is 2.29. The maximum absolute atomic E-state index is 12.9. The number of ether oxygens (including phenoxy) is 5. The zero-order valence-electron chi connectivity index (χ0n) is 39.5. The SMILES string of the molecule is CCCCCCCC/C=C\CCCCCCCC(=O)OC[C@H](COC[C@H](NC(=O)OC(C)(C)C)C(=O)OCP(=O)(O)O)OC(=O)CCCCCCC/C=C\CCCCCCCC. The molecule has 3 N–H and O–H groups in total. The van der Waals surface area contributed by atoms with Gasteiger partial charge in [0.05, 0.1) is 13.2 Å². The summed E-state index contributed by atoms with van der Waals surface area (Å²) in [6, 6.07) is -1.51. The molecule has 0 aliphatic carbocycles. The Balaban J connectivity index is 4.91. The molecule has 0 aromatic heterocycles. The molecule has 0 rings (SSSR count). The number of esters is 3. The summed E-state index contributed by atoms with van der Waals surface area (Å²) in [5.41, 5.74) is -0.900. The Labute approximate surface area is 375 Å². The number of allylic oxidation sites excluding steroid dienone is 4. The van der Waals surface area contributed by atoms with Gasteiger partial charge in [-0.3, -0.25) is 14.2 Å². The number of alkyl carbamates (subject to hydrolysis) is 1. The number of rotatable bonds is 41. The lowest BCUT2D eigenvalue weighted by atomic mass is 10.1. The highest BCUT2D eigenvalue weighted by Crippen LogP contribution is 2.34. The van der Waals surface area contributed by atoms with E-state index >= 15 is 0 Å². The van der Waals surface area contributed by atoms with Crippen LogP contribution >= 0.6 is 7.60 Å². The smallest absolute Gasteiger partial charge is 0.408 e. The molecule has 0 saturated carbocycles. The van der Waals surface area contributed by atoms with Crippen molar-refractivity contribution in [1.82, 2.24) is 5.32 Å². The van der Waals surface area contributed by atoms with Crippen LogP contribution in [0, 0.1) is 0 Å². The molecule has 0 unspecified atom stereocenters. The Bertz CT molecular complexity index is 1240. The maximum atomic E-state index is 12.9. The lowest BCUT2D eigenvalue weighted by molar-refractivity contribution is -0.163. The van der Waals surface area contributed by atoms with E-state index in [2.05, 4.69) is 43.5 Å². The van der Waals surface area contributed by atoms with Gasteiger partial charge < -0.3 is 38.8 Å². The fourth-order valence-corrected chi connectivity index (χ4v) is 6.78. The Morgan fingerprint density at radius 2 is 0.984 bits per heavy atom. The predicted molar refractivity (Wildman–Crippen MR) is 247 cm³/mol. The van der Waals surface area contributed by atoms with E-state index in [4.69, 9.17) is 33.5 Å². The minimum atomic E-state index is -4.70. The normalized spacial score (nSPS) is 13.0. The van der Waals surface area contributed by atoms with E-state index in [0.717, 1.165) is 77.0 Å². The molecule has 0 heterocycles. The van der Waals surface area contributed by atoms with Crippen LogP contribution in [0.4, 0.5) is 4.79 Å². The molecule has 14 heteroatoms. The average Bonchev–Trinajstić information content (AvgIpc) is 3.20. The van der Waals surface area contributed by atoms with E-state index in [1.807, 2.05) is 0 Å². The fraction of sp³-hybridized carbons (Fsp3) is 0.833. The molecule has 0 spiro atoms. The number of nitrogens with one attached hydrogen (secondary N) is 1. The second-order valence-corrected chi connectivity index (χ2v) is 19.0. The van der Waals surface area contributed by atoms with E-state index in [1.54, 1.807) is 20.8 Å². The van der Waals surface area contributed by atoms with Gasteiger partial charge in [0.25, 0.3) is 0 Å². The molecule has 0 bridgehead atoms. The van der Waals surface area contributed by atoms with Crippen LogP contribution in [-0.2, 0) is 42.6 Å². The molecule has 0 aliphatic heterocycles. The summed E-state index contributed by atoms with van der Waals surface area (Å²) < 4.78 is 38.0. The van der Waals surface area contributed by atoms with Gasteiger partial charge in [-0.15, -0.1) is 0 Å². The van der Waals surface area contributed by atoms with E-state index in [1.165, 1.54) is 77.0 Å². The summed E-state index contributed by atoms with van der Waals surface area (Å²) in [7, 11) is -4.70. The topological polar surface area (TPSA) is 184 Å². The molecule has 0 aromatic rings. The molecule has 1 amide bonds. The minimum Gasteiger partial charge on any atom is -0.462 e. The quantitative estimate of drug-likeness (QED) is 0.0174. The monoisotopic (exact) mass is 902 g/mol. The van der Waals surface area contributed by atoms with Crippen molar-refractivity contribution < 1.29 is 57.2 Å². The fourth-order valence-electron chi connectivity index (χ4n) is 6.48. The van der Waals surface area contributed by atoms with Crippen LogP contribution in [0.2, 0.25) is 0 Å². The largest absolute Gasteiger partial charge is 0.462 e. The molecular weight excluding hydrogens is 813 g/mol. The molecule has 0 fully saturated rings. The second kappa shape index (κ2) is 39.8. The molecule has 0 aromatic carbocycles. The van der Waals surface area contributed by atoms with Gasteiger partial charge in [0.2, 0.25) is 0 Å². The average molecular weight is 902 g/mol. The van der Waals surface area contributed by atoms with Crippen molar-refractivity contribution in [2.45, 2.75) is 232 Å². The first-order chi connectivity index (χ1) is 29.7. The van der Waals surface area contributed by atoms with Gasteiger partial charge in [0.1, 0.15) is 12.2 Å². The highest BCUT2D eigenvalue weighted by atomic mass is 31.2. The summed E-state index contributed by atoms with van der Waals surface area (Å²) in [6.07, 6.45) is 36.0. The third-order valence-electron chi connectivity index (χ3n) is 9.95. The number of carbonyl (C=O) groups excluding carboxylic acids is 4. The van der Waals surface area contributed by atoms with Crippen molar-refractivity contribution >= 4 is 31.6 Å². The first-order valence-electron chi connectivity index (χ1n) is 24.1. The second-order valence-electron chi connectivity index (χ2n) is 17.5. The molecule has 13 nitrogen and oxygen atoms in total. The summed E-state index contributed by atoms with van der Waals surface area (Å²) in [6.45, 7) is 8.27. The van der Waals surface area contributed by atoms with Gasteiger partial charge >= 0.3 is 31.6 Å². The van der Waals surface area contributed by atoms with Crippen molar-refractivity contribution in [3.05, 3.63) is 24.3 Å². The first-order valence-corrected chi connectivity index (χ1v) is 25.9. The van der Waals surface area contributed by atoms with Crippen molar-refractivity contribution in [3.63, 3.8) is 0 Å². The van der Waals surface area contributed by atoms with Crippen molar-refractivity contribution in [2.24, 2.45) is 0 Å². The van der Waals surface area contributed by atoms with Crippen LogP contribution in [-0.4, -0.2) is 77.7 Å². The van der Waals surface area contributed by atoms with Crippen LogP contribution < -0.4 is 5.32 Å². The van der Waals surface area contributed by atoms with Crippen molar-refractivity contribution in [1.29, 1.82) is 0 Å². The van der Waals surface area contributed by atoms with Crippen molar-refractivity contribution in [2.75, 3.05) is 26.2 Å². The van der Waals surface area contributed by atoms with E-state index in [9.17, 15) is 23.7 Å². The number of unbranched alkanes of at least 4 members (excludes halogenated alkanes) is 22. The molecular formula is C48H88NO12P. The molecule has 0 aliphatic rings. The third-order valence-corrected chi connectivity index (χ3v) is 10.4. The third kappa shape index (κ3) is 42.6. The van der Waals surface area contributed by atoms with Crippen LogP contribution in [0.5, 0.6) is 0 Å². The van der Waals surface area contributed by atoms with E-state index in [0.29, 0.717) is 12.8 Å². The highest BCUT2D eigenvalue weighted by molar-refractivity contribution is 7.51.